The van der Waals surface area contributed by atoms with Gasteiger partial charge in [-0.2, -0.15) is 0 Å². The lowest BCUT2D eigenvalue weighted by Gasteiger charge is -2.03. The molecule has 7 nitrogen and oxygen atoms in total. The highest BCUT2D eigenvalue weighted by Crippen LogP contribution is 2.22. The third-order valence-electron chi connectivity index (χ3n) is 1.75. The molecule has 1 heterocycles. The van der Waals surface area contributed by atoms with Gasteiger partial charge in [-0.05, 0) is 22.4 Å². The molecule has 0 unspecified atom stereocenters. The van der Waals surface area contributed by atoms with Crippen molar-refractivity contribution in [1.29, 1.82) is 0 Å². The summed E-state index contributed by atoms with van der Waals surface area (Å²) in [4.78, 5) is 36.6. The van der Waals surface area contributed by atoms with E-state index in [2.05, 4.69) is 31.5 Å². The minimum Gasteiger partial charge on any atom is -0.481 e. The van der Waals surface area contributed by atoms with Crippen LogP contribution >= 0.6 is 27.3 Å². The second kappa shape index (κ2) is 7.07. The van der Waals surface area contributed by atoms with Gasteiger partial charge in [-0.1, -0.05) is 11.3 Å². The van der Waals surface area contributed by atoms with Gasteiger partial charge in [0.15, 0.2) is 5.13 Å². The first-order valence-electron chi connectivity index (χ1n) is 4.91. The molecule has 0 atom stereocenters. The van der Waals surface area contributed by atoms with Gasteiger partial charge in [0, 0.05) is 12.8 Å². The number of carbonyl (C=O) groups is 3. The minimum absolute atomic E-state index is 0.0126. The molecule has 1 aromatic rings. The molecule has 0 saturated carbocycles. The molecule has 1 rings (SSSR count). The summed E-state index contributed by atoms with van der Waals surface area (Å²) in [7, 11) is 0. The van der Waals surface area contributed by atoms with Gasteiger partial charge in [-0.3, -0.25) is 20.2 Å². The highest BCUT2D eigenvalue weighted by atomic mass is 79.9. The molecular weight excluding hydrogens is 326 g/mol. The Hall–Kier alpha value is -1.48. The summed E-state index contributed by atoms with van der Waals surface area (Å²) in [5, 5.41) is 13.2. The van der Waals surface area contributed by atoms with Crippen LogP contribution in [0.15, 0.2) is 9.98 Å². The van der Waals surface area contributed by atoms with E-state index >= 15 is 0 Å². The largest absolute Gasteiger partial charge is 0.481 e. The zero-order chi connectivity index (χ0) is 13.5. The number of nitrogens with one attached hydrogen (secondary N) is 2. The Bertz CT molecular complexity index is 462. The summed E-state index contributed by atoms with van der Waals surface area (Å²) in [5.74, 6) is -1.50. The summed E-state index contributed by atoms with van der Waals surface area (Å²) in [6, 6.07) is -0.683. The second-order valence-electron chi connectivity index (χ2n) is 3.22. The number of carboxylic acid groups (broad SMARTS) is 1. The van der Waals surface area contributed by atoms with Crippen LogP contribution in [0.25, 0.3) is 0 Å². The lowest BCUT2D eigenvalue weighted by molar-refractivity contribution is -0.137. The standard InChI is InChI=1S/C9H10BrN3O4S/c10-5-4-11-9(18-5)13-8(17)12-6(14)2-1-3-7(15)16/h4H,1-3H2,(H,15,16)(H2,11,12,13,14,17). The highest BCUT2D eigenvalue weighted by molar-refractivity contribution is 9.11. The number of imide groups is 1. The summed E-state index contributed by atoms with van der Waals surface area (Å²) in [5.41, 5.74) is 0. The molecule has 3 N–H and O–H groups in total. The average Bonchev–Trinajstić information content (AvgIpc) is 2.62. The van der Waals surface area contributed by atoms with Gasteiger partial charge in [0.05, 0.1) is 9.98 Å². The molecule has 0 radical (unpaired) electrons. The molecule has 9 heteroatoms. The number of hydrogen-bond donors (Lipinski definition) is 3. The van der Waals surface area contributed by atoms with Crippen LogP contribution in [0.2, 0.25) is 0 Å². The molecule has 1 aromatic heterocycles. The van der Waals surface area contributed by atoms with E-state index in [4.69, 9.17) is 5.11 Å². The fraction of sp³-hybridized carbons (Fsp3) is 0.333. The van der Waals surface area contributed by atoms with Crippen LogP contribution < -0.4 is 10.6 Å². The number of anilines is 1. The van der Waals surface area contributed by atoms with Gasteiger partial charge in [-0.25, -0.2) is 9.78 Å². The molecule has 0 saturated heterocycles. The van der Waals surface area contributed by atoms with Crippen molar-refractivity contribution in [3.63, 3.8) is 0 Å². The van der Waals surface area contributed by atoms with Crippen LogP contribution in [-0.2, 0) is 9.59 Å². The first-order valence-corrected chi connectivity index (χ1v) is 6.52. The lowest BCUT2D eigenvalue weighted by Crippen LogP contribution is -2.34. The first kappa shape index (κ1) is 14.6. The van der Waals surface area contributed by atoms with Crippen LogP contribution in [0.3, 0.4) is 0 Å². The molecule has 0 aliphatic rings. The van der Waals surface area contributed by atoms with Crippen LogP contribution in [0.5, 0.6) is 0 Å². The van der Waals surface area contributed by atoms with Gasteiger partial charge in [0.25, 0.3) is 0 Å². The van der Waals surface area contributed by atoms with Crippen molar-refractivity contribution in [3.05, 3.63) is 9.98 Å². The predicted molar refractivity (Wildman–Crippen MR) is 68.5 cm³/mol. The maximum Gasteiger partial charge on any atom is 0.327 e. The third-order valence-corrected chi connectivity index (χ3v) is 3.14. The third kappa shape index (κ3) is 5.73. The topological polar surface area (TPSA) is 108 Å². The Morgan fingerprint density at radius 3 is 2.67 bits per heavy atom. The van der Waals surface area contributed by atoms with Crippen molar-refractivity contribution in [3.8, 4) is 0 Å². The number of aliphatic carboxylic acids is 1. The average molecular weight is 336 g/mol. The SMILES string of the molecule is O=C(O)CCCC(=O)NC(=O)Nc1ncc(Br)s1. The summed E-state index contributed by atoms with van der Waals surface area (Å²) in [6.07, 6.45) is 1.60. The van der Waals surface area contributed by atoms with E-state index in [-0.39, 0.29) is 19.3 Å². The summed E-state index contributed by atoms with van der Waals surface area (Å²) >= 11 is 4.39. The Morgan fingerprint density at radius 1 is 1.39 bits per heavy atom. The number of aromatic nitrogens is 1. The number of carbonyl (C=O) groups excluding carboxylic acids is 2. The Kier molecular flexibility index (Phi) is 5.72. The van der Waals surface area contributed by atoms with Crippen LogP contribution in [0.4, 0.5) is 9.93 Å². The van der Waals surface area contributed by atoms with Gasteiger partial charge in [-0.15, -0.1) is 0 Å². The number of rotatable bonds is 5. The molecule has 18 heavy (non-hydrogen) atoms. The van der Waals surface area contributed by atoms with Crippen molar-refractivity contribution < 1.29 is 19.5 Å². The van der Waals surface area contributed by atoms with Crippen molar-refractivity contribution >= 4 is 50.3 Å². The van der Waals surface area contributed by atoms with Crippen molar-refractivity contribution in [1.82, 2.24) is 10.3 Å². The zero-order valence-electron chi connectivity index (χ0n) is 9.10. The molecule has 0 bridgehead atoms. The fourth-order valence-electron chi connectivity index (χ4n) is 1.03. The van der Waals surface area contributed by atoms with Crippen molar-refractivity contribution in [2.45, 2.75) is 19.3 Å². The highest BCUT2D eigenvalue weighted by Gasteiger charge is 2.10. The van der Waals surface area contributed by atoms with E-state index in [0.717, 1.165) is 3.79 Å². The Morgan fingerprint density at radius 2 is 2.11 bits per heavy atom. The number of thiazole rings is 1. The normalized spacial score (nSPS) is 9.83. The minimum atomic E-state index is -0.972. The second-order valence-corrected chi connectivity index (χ2v) is 5.63. The molecule has 0 aromatic carbocycles. The van der Waals surface area contributed by atoms with Crippen molar-refractivity contribution in [2.24, 2.45) is 0 Å². The maximum absolute atomic E-state index is 11.3. The van der Waals surface area contributed by atoms with E-state index in [1.165, 1.54) is 17.5 Å². The monoisotopic (exact) mass is 335 g/mol. The van der Waals surface area contributed by atoms with Gasteiger partial charge in [0.1, 0.15) is 0 Å². The number of amides is 3. The number of nitrogens with zero attached hydrogens (tertiary/aromatic N) is 1. The number of halogens is 1. The smallest absolute Gasteiger partial charge is 0.327 e. The van der Waals surface area contributed by atoms with E-state index in [9.17, 15) is 14.4 Å². The molecule has 3 amide bonds. The number of carboxylic acids is 1. The first-order chi connectivity index (χ1) is 8.47. The predicted octanol–water partition coefficient (Wildman–Crippen LogP) is 1.81. The number of hydrogen-bond acceptors (Lipinski definition) is 5. The molecule has 0 aliphatic heterocycles. The quantitative estimate of drug-likeness (QED) is 0.760. The van der Waals surface area contributed by atoms with Crippen molar-refractivity contribution in [2.75, 3.05) is 5.32 Å². The van der Waals surface area contributed by atoms with Gasteiger partial charge >= 0.3 is 12.0 Å². The van der Waals surface area contributed by atoms with Crippen LogP contribution in [0.1, 0.15) is 19.3 Å². The maximum atomic E-state index is 11.3. The van der Waals surface area contributed by atoms with Crippen LogP contribution in [0, 0.1) is 0 Å². The van der Waals surface area contributed by atoms with Gasteiger partial charge in [0.2, 0.25) is 5.91 Å². The Labute approximate surface area is 115 Å². The lowest BCUT2D eigenvalue weighted by atomic mass is 10.2. The number of urea groups is 1. The molecule has 0 fully saturated rings. The van der Waals surface area contributed by atoms with E-state index in [0.29, 0.717) is 5.13 Å². The van der Waals surface area contributed by atoms with E-state index in [1.807, 2.05) is 0 Å². The zero-order valence-corrected chi connectivity index (χ0v) is 11.5. The molecule has 0 aliphatic carbocycles. The van der Waals surface area contributed by atoms with Crippen LogP contribution in [-0.4, -0.2) is 28.0 Å². The fourth-order valence-corrected chi connectivity index (χ4v) is 2.13. The molecular formula is C9H10BrN3O4S. The van der Waals surface area contributed by atoms with Gasteiger partial charge < -0.3 is 5.11 Å². The van der Waals surface area contributed by atoms with E-state index in [1.54, 1.807) is 0 Å². The summed E-state index contributed by atoms with van der Waals surface area (Å²) in [6.45, 7) is 0. The molecule has 98 valence electrons. The van der Waals surface area contributed by atoms with E-state index < -0.39 is 17.9 Å². The Balaban J connectivity index is 2.27. The molecule has 0 spiro atoms. The summed E-state index contributed by atoms with van der Waals surface area (Å²) < 4.78 is 0.755.